The summed E-state index contributed by atoms with van der Waals surface area (Å²) in [4.78, 5) is 27.1. The third-order valence-corrected chi connectivity index (χ3v) is 5.01. The summed E-state index contributed by atoms with van der Waals surface area (Å²) in [5.74, 6) is -0.174. The van der Waals surface area contributed by atoms with Crippen LogP contribution in [-0.2, 0) is 9.59 Å². The topological polar surface area (TPSA) is 76.1 Å². The second-order valence-corrected chi connectivity index (χ2v) is 7.14. The molecule has 1 fully saturated rings. The number of amides is 1. The minimum Gasteiger partial charge on any atom is -0.507 e. The number of Topliss-reactive ketones (excluding diaryl/α,β-unsaturated/α-hetero) is 1. The average molecular weight is 409 g/mol. The Hall–Kier alpha value is -3.28. The maximum absolute atomic E-state index is 12.9. The number of aliphatic hydroxyl groups excluding tert-OH is 1. The van der Waals surface area contributed by atoms with Gasteiger partial charge < -0.3 is 19.5 Å². The van der Waals surface area contributed by atoms with Crippen LogP contribution in [0.3, 0.4) is 0 Å². The van der Waals surface area contributed by atoms with Gasteiger partial charge in [0.15, 0.2) is 0 Å². The Balaban J connectivity index is 2.08. The molecule has 1 unspecified atom stereocenters. The van der Waals surface area contributed by atoms with Crippen molar-refractivity contribution in [1.29, 1.82) is 0 Å². The van der Waals surface area contributed by atoms with Crippen molar-refractivity contribution in [2.45, 2.75) is 32.7 Å². The van der Waals surface area contributed by atoms with Gasteiger partial charge in [0.05, 0.1) is 25.3 Å². The Morgan fingerprint density at radius 3 is 2.40 bits per heavy atom. The van der Waals surface area contributed by atoms with E-state index in [1.165, 1.54) is 4.90 Å². The van der Waals surface area contributed by atoms with Crippen LogP contribution in [0.2, 0.25) is 0 Å². The Kier molecular flexibility index (Phi) is 6.77. The SMILES string of the molecule is CCCOc1ccc(/C(O)=C2/C(=O)C(=O)N(CCC)C2c2cccc(OC)c2)cc1. The van der Waals surface area contributed by atoms with Crippen molar-refractivity contribution in [2.24, 2.45) is 0 Å². The Bertz CT molecular complexity index is 948. The first-order valence-corrected chi connectivity index (χ1v) is 10.2. The van der Waals surface area contributed by atoms with Crippen LogP contribution in [-0.4, -0.2) is 42.0 Å². The van der Waals surface area contributed by atoms with Gasteiger partial charge in [-0.15, -0.1) is 0 Å². The van der Waals surface area contributed by atoms with Gasteiger partial charge in [0.25, 0.3) is 11.7 Å². The molecule has 0 aliphatic carbocycles. The summed E-state index contributed by atoms with van der Waals surface area (Å²) in [5.41, 5.74) is 1.26. The summed E-state index contributed by atoms with van der Waals surface area (Å²) in [6.07, 6.45) is 1.58. The fourth-order valence-electron chi connectivity index (χ4n) is 3.59. The second kappa shape index (κ2) is 9.48. The molecule has 0 spiro atoms. The number of carbonyl (C=O) groups is 2. The van der Waals surface area contributed by atoms with Crippen LogP contribution in [0, 0.1) is 0 Å². The normalized spacial score (nSPS) is 18.0. The number of aliphatic hydroxyl groups is 1. The molecule has 0 bridgehead atoms. The third kappa shape index (κ3) is 4.17. The first kappa shape index (κ1) is 21.4. The molecule has 1 aliphatic rings. The number of carbonyl (C=O) groups excluding carboxylic acids is 2. The number of benzene rings is 2. The minimum absolute atomic E-state index is 0.0870. The molecule has 0 aromatic heterocycles. The van der Waals surface area contributed by atoms with E-state index in [1.807, 2.05) is 19.9 Å². The molecule has 0 radical (unpaired) electrons. The van der Waals surface area contributed by atoms with Crippen LogP contribution in [0.5, 0.6) is 11.5 Å². The molecule has 6 heteroatoms. The fourth-order valence-corrected chi connectivity index (χ4v) is 3.59. The zero-order valence-electron chi connectivity index (χ0n) is 17.6. The van der Waals surface area contributed by atoms with Crippen LogP contribution in [0.4, 0.5) is 0 Å². The van der Waals surface area contributed by atoms with Crippen molar-refractivity contribution >= 4 is 17.4 Å². The summed E-state index contributed by atoms with van der Waals surface area (Å²) in [7, 11) is 1.56. The molecule has 158 valence electrons. The van der Waals surface area contributed by atoms with Crippen molar-refractivity contribution < 1.29 is 24.2 Å². The molecule has 2 aromatic carbocycles. The highest BCUT2D eigenvalue weighted by atomic mass is 16.5. The van der Waals surface area contributed by atoms with Crippen LogP contribution < -0.4 is 9.47 Å². The maximum atomic E-state index is 12.9. The van der Waals surface area contributed by atoms with Crippen molar-refractivity contribution in [1.82, 2.24) is 4.90 Å². The molecule has 1 atom stereocenters. The Morgan fingerprint density at radius 1 is 1.03 bits per heavy atom. The van der Waals surface area contributed by atoms with Gasteiger partial charge >= 0.3 is 0 Å². The predicted molar refractivity (Wildman–Crippen MR) is 115 cm³/mol. The monoisotopic (exact) mass is 409 g/mol. The number of hydrogen-bond donors (Lipinski definition) is 1. The van der Waals surface area contributed by atoms with Gasteiger partial charge in [-0.2, -0.15) is 0 Å². The molecule has 30 heavy (non-hydrogen) atoms. The van der Waals surface area contributed by atoms with E-state index < -0.39 is 17.7 Å². The van der Waals surface area contributed by atoms with Gasteiger partial charge in [-0.25, -0.2) is 0 Å². The molecule has 1 saturated heterocycles. The lowest BCUT2D eigenvalue weighted by atomic mass is 9.95. The summed E-state index contributed by atoms with van der Waals surface area (Å²) < 4.78 is 10.9. The molecular formula is C24H27NO5. The van der Waals surface area contributed by atoms with Gasteiger partial charge in [0.2, 0.25) is 0 Å². The molecule has 1 N–H and O–H groups in total. The first-order chi connectivity index (χ1) is 14.5. The highest BCUT2D eigenvalue weighted by molar-refractivity contribution is 6.46. The quantitative estimate of drug-likeness (QED) is 0.399. The molecule has 1 amide bonds. The third-order valence-electron chi connectivity index (χ3n) is 5.01. The fraction of sp³-hybridized carbons (Fsp3) is 0.333. The smallest absolute Gasteiger partial charge is 0.295 e. The van der Waals surface area contributed by atoms with E-state index in [1.54, 1.807) is 49.6 Å². The largest absolute Gasteiger partial charge is 0.507 e. The number of methoxy groups -OCH3 is 1. The van der Waals surface area contributed by atoms with Crippen molar-refractivity contribution in [3.63, 3.8) is 0 Å². The average Bonchev–Trinajstić information content (AvgIpc) is 3.03. The molecule has 6 nitrogen and oxygen atoms in total. The van der Waals surface area contributed by atoms with Crippen LogP contribution in [0.25, 0.3) is 5.76 Å². The van der Waals surface area contributed by atoms with Crippen LogP contribution in [0.15, 0.2) is 54.1 Å². The summed E-state index contributed by atoms with van der Waals surface area (Å²) in [5, 5.41) is 11.0. The summed E-state index contributed by atoms with van der Waals surface area (Å²) >= 11 is 0. The molecule has 3 rings (SSSR count). The molecule has 1 aliphatic heterocycles. The van der Waals surface area contributed by atoms with Gasteiger partial charge in [-0.1, -0.05) is 26.0 Å². The number of hydrogen-bond acceptors (Lipinski definition) is 5. The Labute approximate surface area is 176 Å². The van der Waals surface area contributed by atoms with E-state index in [2.05, 4.69) is 0 Å². The Morgan fingerprint density at radius 2 is 1.77 bits per heavy atom. The van der Waals surface area contributed by atoms with E-state index in [-0.39, 0.29) is 11.3 Å². The van der Waals surface area contributed by atoms with Crippen molar-refractivity contribution in [2.75, 3.05) is 20.3 Å². The predicted octanol–water partition coefficient (Wildman–Crippen LogP) is 4.32. The summed E-state index contributed by atoms with van der Waals surface area (Å²) in [6.45, 7) is 4.97. The second-order valence-electron chi connectivity index (χ2n) is 7.14. The highest BCUT2D eigenvalue weighted by Gasteiger charge is 2.45. The maximum Gasteiger partial charge on any atom is 0.295 e. The molecule has 2 aromatic rings. The number of rotatable bonds is 8. The zero-order valence-corrected chi connectivity index (χ0v) is 17.6. The van der Waals surface area contributed by atoms with E-state index in [4.69, 9.17) is 9.47 Å². The van der Waals surface area contributed by atoms with E-state index in [0.29, 0.717) is 42.2 Å². The summed E-state index contributed by atoms with van der Waals surface area (Å²) in [6, 6.07) is 13.4. The van der Waals surface area contributed by atoms with Crippen molar-refractivity contribution in [3.8, 4) is 11.5 Å². The molecule has 0 saturated carbocycles. The number of nitrogens with zero attached hydrogens (tertiary/aromatic N) is 1. The van der Waals surface area contributed by atoms with Crippen molar-refractivity contribution in [3.05, 3.63) is 65.2 Å². The van der Waals surface area contributed by atoms with E-state index in [9.17, 15) is 14.7 Å². The van der Waals surface area contributed by atoms with Crippen LogP contribution in [0.1, 0.15) is 43.9 Å². The lowest BCUT2D eigenvalue weighted by Gasteiger charge is -2.25. The number of ether oxygens (including phenoxy) is 2. The molecule has 1 heterocycles. The zero-order chi connectivity index (χ0) is 21.7. The van der Waals surface area contributed by atoms with E-state index in [0.717, 1.165) is 6.42 Å². The van der Waals surface area contributed by atoms with E-state index >= 15 is 0 Å². The van der Waals surface area contributed by atoms with Gasteiger partial charge in [0.1, 0.15) is 17.3 Å². The van der Waals surface area contributed by atoms with Gasteiger partial charge in [-0.05, 0) is 54.8 Å². The highest BCUT2D eigenvalue weighted by Crippen LogP contribution is 2.40. The van der Waals surface area contributed by atoms with Gasteiger partial charge in [-0.3, -0.25) is 9.59 Å². The lowest BCUT2D eigenvalue weighted by molar-refractivity contribution is -0.139. The number of likely N-dealkylation sites (tertiary alicyclic amines) is 1. The van der Waals surface area contributed by atoms with Gasteiger partial charge in [0, 0.05) is 12.1 Å². The standard InChI is InChI=1S/C24H27NO5/c1-4-13-25-21(17-7-6-8-19(15-17)29-3)20(23(27)24(25)28)22(26)16-9-11-18(12-10-16)30-14-5-2/h6-12,15,21,26H,4-5,13-14H2,1-3H3/b22-20-. The van der Waals surface area contributed by atoms with Crippen LogP contribution >= 0.6 is 0 Å². The molecular weight excluding hydrogens is 382 g/mol. The number of ketones is 1. The lowest BCUT2D eigenvalue weighted by Crippen LogP contribution is -2.30. The minimum atomic E-state index is -0.680. The first-order valence-electron chi connectivity index (χ1n) is 10.2.